The number of hydrogen-bond donors (Lipinski definition) is 2. The van der Waals surface area contributed by atoms with Crippen molar-refractivity contribution in [2.75, 3.05) is 12.4 Å². The van der Waals surface area contributed by atoms with Crippen LogP contribution in [0.1, 0.15) is 16.1 Å². The normalized spacial score (nSPS) is 10.3. The number of nitrogens with zero attached hydrogens (tertiary/aromatic N) is 1. The highest BCUT2D eigenvalue weighted by atomic mass is 32.1. The van der Waals surface area contributed by atoms with E-state index in [0.717, 1.165) is 11.4 Å². The Kier molecular flexibility index (Phi) is 5.15. The summed E-state index contributed by atoms with van der Waals surface area (Å²) in [7, 11) is 1.62. The summed E-state index contributed by atoms with van der Waals surface area (Å²) in [4.78, 5) is 16.3. The van der Waals surface area contributed by atoms with Crippen LogP contribution in [-0.2, 0) is 11.3 Å². The largest absolute Gasteiger partial charge is 0.508 e. The second kappa shape index (κ2) is 7.67. The van der Waals surface area contributed by atoms with Crippen LogP contribution in [0, 0.1) is 0 Å². The van der Waals surface area contributed by atoms with Gasteiger partial charge in [0, 0.05) is 11.1 Å². The molecule has 6 nitrogen and oxygen atoms in total. The van der Waals surface area contributed by atoms with E-state index in [0.29, 0.717) is 16.4 Å². The number of benzene rings is 2. The van der Waals surface area contributed by atoms with Crippen LogP contribution in [0.15, 0.2) is 53.9 Å². The van der Waals surface area contributed by atoms with Gasteiger partial charge in [-0.05, 0) is 42.5 Å². The highest BCUT2D eigenvalue weighted by Crippen LogP contribution is 2.23. The molecule has 0 unspecified atom stereocenters. The molecule has 1 aromatic heterocycles. The highest BCUT2D eigenvalue weighted by molar-refractivity contribution is 7.13. The number of aromatic nitrogens is 1. The number of ether oxygens (including phenoxy) is 2. The topological polar surface area (TPSA) is 80.7 Å². The molecule has 7 heteroatoms. The van der Waals surface area contributed by atoms with E-state index < -0.39 is 5.97 Å². The number of methoxy groups -OCH3 is 1. The smallest absolute Gasteiger partial charge is 0.338 e. The molecule has 0 radical (unpaired) electrons. The summed E-state index contributed by atoms with van der Waals surface area (Å²) in [5.41, 5.74) is 1.83. The molecule has 25 heavy (non-hydrogen) atoms. The van der Waals surface area contributed by atoms with Gasteiger partial charge in [-0.1, -0.05) is 6.07 Å². The van der Waals surface area contributed by atoms with Crippen molar-refractivity contribution in [1.29, 1.82) is 0 Å². The molecular weight excluding hydrogens is 340 g/mol. The first kappa shape index (κ1) is 16.8. The lowest BCUT2D eigenvalue weighted by atomic mass is 10.2. The molecule has 0 amide bonds. The second-order valence-corrected chi connectivity index (χ2v) is 5.98. The van der Waals surface area contributed by atoms with Gasteiger partial charge in [0.05, 0.1) is 18.4 Å². The lowest BCUT2D eigenvalue weighted by molar-refractivity contribution is 0.0468. The van der Waals surface area contributed by atoms with Gasteiger partial charge in [0.1, 0.15) is 18.1 Å². The number of phenols is 1. The molecule has 0 aliphatic rings. The van der Waals surface area contributed by atoms with Gasteiger partial charge in [-0.25, -0.2) is 9.78 Å². The maximum absolute atomic E-state index is 11.9. The number of carbonyl (C=O) groups excluding carboxylic acids is 1. The SMILES string of the molecule is COc1ccc(Nc2nc(COC(=O)c3cccc(O)c3)cs2)cc1. The third-order valence-corrected chi connectivity index (χ3v) is 4.13. The third kappa shape index (κ3) is 4.48. The predicted octanol–water partition coefficient (Wildman–Crippen LogP) is 3.96. The average Bonchev–Trinajstić information content (AvgIpc) is 3.08. The minimum Gasteiger partial charge on any atom is -0.508 e. The molecule has 0 atom stereocenters. The number of anilines is 2. The van der Waals surface area contributed by atoms with Gasteiger partial charge < -0.3 is 19.9 Å². The molecule has 0 spiro atoms. The Bertz CT molecular complexity index is 862. The van der Waals surface area contributed by atoms with Crippen molar-refractivity contribution in [2.45, 2.75) is 6.61 Å². The fourth-order valence-electron chi connectivity index (χ4n) is 2.08. The standard InChI is InChI=1S/C18H16N2O4S/c1-23-16-7-5-13(6-8-16)19-18-20-14(11-25-18)10-24-17(22)12-3-2-4-15(21)9-12/h2-9,11,21H,10H2,1H3,(H,19,20). The molecule has 1 heterocycles. The molecule has 0 bridgehead atoms. The fourth-order valence-corrected chi connectivity index (χ4v) is 2.80. The van der Waals surface area contributed by atoms with Crippen molar-refractivity contribution in [1.82, 2.24) is 4.98 Å². The number of hydrogen-bond acceptors (Lipinski definition) is 7. The van der Waals surface area contributed by atoms with Crippen LogP contribution in [0.5, 0.6) is 11.5 Å². The van der Waals surface area contributed by atoms with Crippen LogP contribution in [0.3, 0.4) is 0 Å². The Morgan fingerprint density at radius 3 is 2.76 bits per heavy atom. The minimum absolute atomic E-state index is 0.0223. The van der Waals surface area contributed by atoms with Gasteiger partial charge >= 0.3 is 5.97 Å². The molecule has 0 fully saturated rings. The lowest BCUT2D eigenvalue weighted by Crippen LogP contribution is -2.05. The first-order valence-corrected chi connectivity index (χ1v) is 8.33. The summed E-state index contributed by atoms with van der Waals surface area (Å²) in [6, 6.07) is 13.5. The molecule has 0 aliphatic carbocycles. The van der Waals surface area contributed by atoms with E-state index in [-0.39, 0.29) is 12.4 Å². The number of phenolic OH excluding ortho intramolecular Hbond substituents is 1. The van der Waals surface area contributed by atoms with Crippen LogP contribution in [0.2, 0.25) is 0 Å². The van der Waals surface area contributed by atoms with E-state index >= 15 is 0 Å². The Morgan fingerprint density at radius 1 is 1.24 bits per heavy atom. The molecule has 2 N–H and O–H groups in total. The van der Waals surface area contributed by atoms with E-state index in [1.54, 1.807) is 19.2 Å². The summed E-state index contributed by atoms with van der Waals surface area (Å²) in [5, 5.41) is 15.1. The lowest BCUT2D eigenvalue weighted by Gasteiger charge is -2.04. The van der Waals surface area contributed by atoms with Crippen molar-refractivity contribution in [3.05, 3.63) is 65.2 Å². The van der Waals surface area contributed by atoms with Gasteiger partial charge in [0.2, 0.25) is 0 Å². The molecular formula is C18H16N2O4S. The molecule has 0 saturated heterocycles. The number of nitrogens with one attached hydrogen (secondary N) is 1. The van der Waals surface area contributed by atoms with Crippen molar-refractivity contribution in [3.63, 3.8) is 0 Å². The summed E-state index contributed by atoms with van der Waals surface area (Å²) >= 11 is 1.42. The number of rotatable bonds is 6. The van der Waals surface area contributed by atoms with Gasteiger partial charge in [-0.15, -0.1) is 11.3 Å². The Hall–Kier alpha value is -3.06. The van der Waals surface area contributed by atoms with Gasteiger partial charge in [0.15, 0.2) is 5.13 Å². The van der Waals surface area contributed by atoms with Crippen LogP contribution in [0.25, 0.3) is 0 Å². The maximum Gasteiger partial charge on any atom is 0.338 e. The molecule has 3 rings (SSSR count). The van der Waals surface area contributed by atoms with Gasteiger partial charge in [-0.3, -0.25) is 0 Å². The van der Waals surface area contributed by atoms with Crippen LogP contribution in [0.4, 0.5) is 10.8 Å². The fraction of sp³-hybridized carbons (Fsp3) is 0.111. The first-order chi connectivity index (χ1) is 12.1. The van der Waals surface area contributed by atoms with Crippen molar-refractivity contribution < 1.29 is 19.4 Å². The van der Waals surface area contributed by atoms with E-state index in [2.05, 4.69) is 10.3 Å². The van der Waals surface area contributed by atoms with E-state index in [1.165, 1.54) is 23.5 Å². The van der Waals surface area contributed by atoms with Gasteiger partial charge in [0.25, 0.3) is 0 Å². The second-order valence-electron chi connectivity index (χ2n) is 5.12. The van der Waals surface area contributed by atoms with Crippen LogP contribution < -0.4 is 10.1 Å². The van der Waals surface area contributed by atoms with E-state index in [9.17, 15) is 9.90 Å². The van der Waals surface area contributed by atoms with Crippen LogP contribution >= 0.6 is 11.3 Å². The summed E-state index contributed by atoms with van der Waals surface area (Å²) in [6.45, 7) is 0.0648. The van der Waals surface area contributed by atoms with Crippen molar-refractivity contribution >= 4 is 28.1 Å². The monoisotopic (exact) mass is 356 g/mol. The Labute approximate surface area is 148 Å². The summed E-state index contributed by atoms with van der Waals surface area (Å²) < 4.78 is 10.3. The third-order valence-electron chi connectivity index (χ3n) is 3.33. The number of aromatic hydroxyl groups is 1. The Morgan fingerprint density at radius 2 is 2.04 bits per heavy atom. The zero-order valence-electron chi connectivity index (χ0n) is 13.4. The van der Waals surface area contributed by atoms with Crippen molar-refractivity contribution in [3.8, 4) is 11.5 Å². The van der Waals surface area contributed by atoms with Crippen molar-refractivity contribution in [2.24, 2.45) is 0 Å². The zero-order valence-corrected chi connectivity index (χ0v) is 14.2. The molecule has 0 aliphatic heterocycles. The molecule has 2 aromatic carbocycles. The highest BCUT2D eigenvalue weighted by Gasteiger charge is 2.10. The average molecular weight is 356 g/mol. The number of thiazole rings is 1. The summed E-state index contributed by atoms with van der Waals surface area (Å²) in [6.07, 6.45) is 0. The Balaban J connectivity index is 1.57. The minimum atomic E-state index is -0.506. The molecule has 3 aromatic rings. The molecule has 0 saturated carbocycles. The number of esters is 1. The zero-order chi connectivity index (χ0) is 17.6. The molecule has 128 valence electrons. The first-order valence-electron chi connectivity index (χ1n) is 7.45. The summed E-state index contributed by atoms with van der Waals surface area (Å²) in [5.74, 6) is 0.298. The number of carbonyl (C=O) groups is 1. The van der Waals surface area contributed by atoms with E-state index in [1.807, 2.05) is 29.6 Å². The predicted molar refractivity (Wildman–Crippen MR) is 95.6 cm³/mol. The van der Waals surface area contributed by atoms with Gasteiger partial charge in [-0.2, -0.15) is 0 Å². The van der Waals surface area contributed by atoms with E-state index in [4.69, 9.17) is 9.47 Å². The van der Waals surface area contributed by atoms with Crippen LogP contribution in [-0.4, -0.2) is 23.2 Å². The maximum atomic E-state index is 11.9. The quantitative estimate of drug-likeness (QED) is 0.651.